The zero-order valence-corrected chi connectivity index (χ0v) is 8.71. The van der Waals surface area contributed by atoms with Crippen molar-refractivity contribution in [1.29, 1.82) is 0 Å². The van der Waals surface area contributed by atoms with Gasteiger partial charge in [0.05, 0.1) is 12.0 Å². The summed E-state index contributed by atoms with van der Waals surface area (Å²) in [5, 5.41) is 20.5. The van der Waals surface area contributed by atoms with Gasteiger partial charge in [-0.05, 0) is 24.3 Å². The van der Waals surface area contributed by atoms with Crippen LogP contribution in [0.3, 0.4) is 0 Å². The van der Waals surface area contributed by atoms with Gasteiger partial charge in [0.15, 0.2) is 0 Å². The van der Waals surface area contributed by atoms with Crippen LogP contribution in [-0.2, 0) is 6.54 Å². The largest absolute Gasteiger partial charge is 0.467 e. The van der Waals surface area contributed by atoms with E-state index in [1.54, 1.807) is 24.6 Å². The summed E-state index contributed by atoms with van der Waals surface area (Å²) >= 11 is 0. The van der Waals surface area contributed by atoms with Crippen LogP contribution in [0.4, 0.5) is 0 Å². The van der Waals surface area contributed by atoms with Crippen molar-refractivity contribution in [3.8, 4) is 0 Å². The summed E-state index contributed by atoms with van der Waals surface area (Å²) in [4.78, 5) is 0. The van der Waals surface area contributed by atoms with E-state index in [0.29, 0.717) is 18.8 Å². The van der Waals surface area contributed by atoms with Crippen LogP contribution in [0, 0.1) is 0 Å². The molecule has 0 bridgehead atoms. The number of nitrogens with one attached hydrogen (secondary N) is 1. The molecule has 0 aliphatic heterocycles. The minimum Gasteiger partial charge on any atom is -0.467 e. The summed E-state index contributed by atoms with van der Waals surface area (Å²) in [6, 6.07) is 7.20. The molecule has 0 fully saturated rings. The molecule has 1 atom stereocenters. The molecule has 5 heteroatoms. The predicted octanol–water partition coefficient (Wildman–Crippen LogP) is 0.893. The molecule has 0 saturated carbocycles. The van der Waals surface area contributed by atoms with Gasteiger partial charge in [-0.25, -0.2) is 0 Å². The third-order valence-corrected chi connectivity index (χ3v) is 2.14. The third-order valence-electron chi connectivity index (χ3n) is 2.14. The van der Waals surface area contributed by atoms with Crippen LogP contribution in [0.2, 0.25) is 0 Å². The Bertz CT molecular complexity index is 402. The fraction of sp³-hybridized carbons (Fsp3) is 0.273. The summed E-state index contributed by atoms with van der Waals surface area (Å²) < 4.78 is 5.08. The fourth-order valence-electron chi connectivity index (χ4n) is 1.35. The molecule has 0 amide bonds. The molecule has 2 aromatic heterocycles. The number of hydrogen-bond acceptors (Lipinski definition) is 5. The predicted molar refractivity (Wildman–Crippen MR) is 57.4 cm³/mol. The van der Waals surface area contributed by atoms with Crippen molar-refractivity contribution in [3.63, 3.8) is 0 Å². The van der Waals surface area contributed by atoms with E-state index < -0.39 is 6.10 Å². The van der Waals surface area contributed by atoms with Crippen molar-refractivity contribution < 1.29 is 9.52 Å². The number of rotatable bonds is 5. The summed E-state index contributed by atoms with van der Waals surface area (Å²) in [7, 11) is 0. The first kappa shape index (κ1) is 10.8. The molecular weight excluding hydrogens is 206 g/mol. The van der Waals surface area contributed by atoms with Crippen molar-refractivity contribution in [2.45, 2.75) is 12.6 Å². The van der Waals surface area contributed by atoms with E-state index >= 15 is 0 Å². The van der Waals surface area contributed by atoms with E-state index in [2.05, 4.69) is 15.5 Å². The lowest BCUT2D eigenvalue weighted by molar-refractivity contribution is 0.147. The maximum Gasteiger partial charge on any atom is 0.133 e. The lowest BCUT2D eigenvalue weighted by Crippen LogP contribution is -2.21. The van der Waals surface area contributed by atoms with E-state index in [-0.39, 0.29) is 0 Å². The Labute approximate surface area is 93.1 Å². The van der Waals surface area contributed by atoms with Gasteiger partial charge in [-0.2, -0.15) is 10.2 Å². The van der Waals surface area contributed by atoms with Gasteiger partial charge in [-0.1, -0.05) is 0 Å². The van der Waals surface area contributed by atoms with Crippen molar-refractivity contribution in [1.82, 2.24) is 15.5 Å². The summed E-state index contributed by atoms with van der Waals surface area (Å²) in [5.74, 6) is 0.562. The first-order valence-corrected chi connectivity index (χ1v) is 5.05. The van der Waals surface area contributed by atoms with Crippen molar-refractivity contribution >= 4 is 0 Å². The Balaban J connectivity index is 1.76. The zero-order valence-electron chi connectivity index (χ0n) is 8.71. The van der Waals surface area contributed by atoms with Gasteiger partial charge in [0, 0.05) is 19.3 Å². The van der Waals surface area contributed by atoms with Crippen LogP contribution in [0.1, 0.15) is 17.6 Å². The number of nitrogens with zero attached hydrogens (tertiary/aromatic N) is 2. The average Bonchev–Trinajstić information content (AvgIpc) is 2.84. The Morgan fingerprint density at radius 2 is 2.31 bits per heavy atom. The molecule has 2 N–H and O–H groups in total. The monoisotopic (exact) mass is 219 g/mol. The van der Waals surface area contributed by atoms with E-state index in [0.717, 1.165) is 5.69 Å². The number of aliphatic hydroxyl groups excluding tert-OH is 1. The molecule has 0 radical (unpaired) electrons. The van der Waals surface area contributed by atoms with Gasteiger partial charge in [0.2, 0.25) is 0 Å². The van der Waals surface area contributed by atoms with Gasteiger partial charge < -0.3 is 14.8 Å². The van der Waals surface area contributed by atoms with Crippen LogP contribution < -0.4 is 5.32 Å². The SMILES string of the molecule is OC(CNCc1cccnn1)c1ccco1. The minimum absolute atomic E-state index is 0.421. The molecule has 2 rings (SSSR count). The second kappa shape index (κ2) is 5.39. The molecule has 5 nitrogen and oxygen atoms in total. The van der Waals surface area contributed by atoms with Crippen molar-refractivity contribution in [3.05, 3.63) is 48.2 Å². The fourth-order valence-corrected chi connectivity index (χ4v) is 1.35. The van der Waals surface area contributed by atoms with Crippen LogP contribution >= 0.6 is 0 Å². The highest BCUT2D eigenvalue weighted by Gasteiger charge is 2.09. The van der Waals surface area contributed by atoms with Gasteiger partial charge >= 0.3 is 0 Å². The maximum absolute atomic E-state index is 9.70. The Kier molecular flexibility index (Phi) is 3.63. The second-order valence-electron chi connectivity index (χ2n) is 3.38. The normalized spacial score (nSPS) is 12.6. The van der Waals surface area contributed by atoms with Crippen molar-refractivity contribution in [2.24, 2.45) is 0 Å². The summed E-state index contributed by atoms with van der Waals surface area (Å²) in [6.07, 6.45) is 2.54. The quantitative estimate of drug-likeness (QED) is 0.781. The molecule has 0 aliphatic carbocycles. The zero-order chi connectivity index (χ0) is 11.2. The van der Waals surface area contributed by atoms with E-state index in [9.17, 15) is 5.11 Å². The molecule has 0 aliphatic rings. The lowest BCUT2D eigenvalue weighted by Gasteiger charge is -2.08. The summed E-state index contributed by atoms with van der Waals surface area (Å²) in [5.41, 5.74) is 0.842. The van der Waals surface area contributed by atoms with E-state index in [4.69, 9.17) is 4.42 Å². The van der Waals surface area contributed by atoms with Crippen LogP contribution in [-0.4, -0.2) is 21.8 Å². The maximum atomic E-state index is 9.70. The van der Waals surface area contributed by atoms with Crippen molar-refractivity contribution in [2.75, 3.05) is 6.54 Å². The Hall–Kier alpha value is -1.72. The van der Waals surface area contributed by atoms with E-state index in [1.165, 1.54) is 0 Å². The average molecular weight is 219 g/mol. The number of hydrogen-bond donors (Lipinski definition) is 2. The molecule has 84 valence electrons. The summed E-state index contributed by atoms with van der Waals surface area (Å²) in [6.45, 7) is 0.996. The van der Waals surface area contributed by atoms with Gasteiger partial charge in [0.1, 0.15) is 11.9 Å². The molecule has 0 saturated heterocycles. The number of aromatic nitrogens is 2. The van der Waals surface area contributed by atoms with Gasteiger partial charge in [-0.15, -0.1) is 0 Å². The first-order chi connectivity index (χ1) is 7.86. The Morgan fingerprint density at radius 1 is 1.38 bits per heavy atom. The smallest absolute Gasteiger partial charge is 0.133 e. The Morgan fingerprint density at radius 3 is 3.00 bits per heavy atom. The van der Waals surface area contributed by atoms with Gasteiger partial charge in [-0.3, -0.25) is 0 Å². The molecule has 1 unspecified atom stereocenters. The molecule has 0 aromatic carbocycles. The van der Waals surface area contributed by atoms with E-state index in [1.807, 2.05) is 12.1 Å². The van der Waals surface area contributed by atoms with Crippen LogP contribution in [0.5, 0.6) is 0 Å². The minimum atomic E-state index is -0.633. The molecular formula is C11H13N3O2. The first-order valence-electron chi connectivity index (χ1n) is 5.05. The molecule has 2 aromatic rings. The standard InChI is InChI=1S/C11H13N3O2/c15-10(11-4-2-6-16-11)8-12-7-9-3-1-5-13-14-9/h1-6,10,12,15H,7-8H2. The highest BCUT2D eigenvalue weighted by molar-refractivity contribution is 5.03. The number of aliphatic hydroxyl groups is 1. The van der Waals surface area contributed by atoms with Crippen LogP contribution in [0.25, 0.3) is 0 Å². The molecule has 2 heterocycles. The molecule has 16 heavy (non-hydrogen) atoms. The molecule has 0 spiro atoms. The topological polar surface area (TPSA) is 71.2 Å². The van der Waals surface area contributed by atoms with Crippen LogP contribution in [0.15, 0.2) is 41.1 Å². The highest BCUT2D eigenvalue weighted by atomic mass is 16.4. The van der Waals surface area contributed by atoms with Gasteiger partial charge in [0.25, 0.3) is 0 Å². The highest BCUT2D eigenvalue weighted by Crippen LogP contribution is 2.11. The third kappa shape index (κ3) is 2.88. The number of furan rings is 1. The lowest BCUT2D eigenvalue weighted by atomic mass is 10.2. The second-order valence-corrected chi connectivity index (χ2v) is 3.38.